The molecule has 0 aliphatic rings. The van der Waals surface area contributed by atoms with E-state index in [0.29, 0.717) is 0 Å². The summed E-state index contributed by atoms with van der Waals surface area (Å²) in [6.45, 7) is 9.50. The SMILES string of the molecule is CC(=O)/C(=N\OC(C)(C)C(=O)OC(C)(C)C)c1nsc(N)n1. The maximum atomic E-state index is 12.1. The van der Waals surface area contributed by atoms with Gasteiger partial charge < -0.3 is 15.3 Å². The number of esters is 1. The molecule has 0 fully saturated rings. The molecule has 0 aliphatic carbocycles. The van der Waals surface area contributed by atoms with E-state index in [1.54, 1.807) is 20.8 Å². The Kier molecular flexibility index (Phi) is 5.23. The molecule has 0 saturated heterocycles. The molecule has 0 unspecified atom stereocenters. The molecule has 2 N–H and O–H groups in total. The van der Waals surface area contributed by atoms with Crippen LogP contribution in [0.4, 0.5) is 5.13 Å². The molecule has 8 nitrogen and oxygen atoms in total. The quantitative estimate of drug-likeness (QED) is 0.495. The molecule has 1 heterocycles. The van der Waals surface area contributed by atoms with Crippen LogP contribution in [0.5, 0.6) is 0 Å². The zero-order valence-electron chi connectivity index (χ0n) is 13.5. The lowest BCUT2D eigenvalue weighted by Gasteiger charge is -2.26. The minimum absolute atomic E-state index is 0.0648. The second kappa shape index (κ2) is 6.39. The summed E-state index contributed by atoms with van der Waals surface area (Å²) in [5, 5.41) is 3.93. The number of carbonyl (C=O) groups excluding carboxylic acids is 2. The summed E-state index contributed by atoms with van der Waals surface area (Å²) in [7, 11) is 0. The molecule has 0 spiro atoms. The average molecular weight is 328 g/mol. The Hall–Kier alpha value is -2.03. The summed E-state index contributed by atoms with van der Waals surface area (Å²) < 4.78 is 9.14. The molecule has 0 atom stereocenters. The van der Waals surface area contributed by atoms with E-state index in [9.17, 15) is 9.59 Å². The van der Waals surface area contributed by atoms with Gasteiger partial charge in [-0.2, -0.15) is 9.36 Å². The van der Waals surface area contributed by atoms with Gasteiger partial charge in [0, 0.05) is 18.5 Å². The first-order valence-electron chi connectivity index (χ1n) is 6.52. The molecule has 1 aromatic heterocycles. The lowest BCUT2D eigenvalue weighted by atomic mass is 10.1. The molecule has 0 amide bonds. The number of oxime groups is 1. The van der Waals surface area contributed by atoms with Crippen LogP contribution in [0.15, 0.2) is 5.16 Å². The molecular weight excluding hydrogens is 308 g/mol. The number of nitrogens with zero attached hydrogens (tertiary/aromatic N) is 3. The van der Waals surface area contributed by atoms with Crippen molar-refractivity contribution in [1.29, 1.82) is 0 Å². The van der Waals surface area contributed by atoms with Crippen molar-refractivity contribution >= 4 is 34.1 Å². The molecule has 1 rings (SSSR count). The highest BCUT2D eigenvalue weighted by atomic mass is 32.1. The Labute approximate surface area is 132 Å². The number of hydrogen-bond donors (Lipinski definition) is 1. The van der Waals surface area contributed by atoms with Crippen molar-refractivity contribution in [2.75, 3.05) is 5.73 Å². The van der Waals surface area contributed by atoms with E-state index in [-0.39, 0.29) is 16.7 Å². The third-order valence-corrected chi connectivity index (χ3v) is 2.79. The predicted molar refractivity (Wildman–Crippen MR) is 82.5 cm³/mol. The van der Waals surface area contributed by atoms with Gasteiger partial charge in [0.1, 0.15) is 5.60 Å². The van der Waals surface area contributed by atoms with Gasteiger partial charge in [0.15, 0.2) is 16.6 Å². The van der Waals surface area contributed by atoms with E-state index in [2.05, 4.69) is 14.5 Å². The Morgan fingerprint density at radius 1 is 1.23 bits per heavy atom. The zero-order valence-corrected chi connectivity index (χ0v) is 14.3. The number of aromatic nitrogens is 2. The monoisotopic (exact) mass is 328 g/mol. The summed E-state index contributed by atoms with van der Waals surface area (Å²) in [5.74, 6) is -0.940. The number of Topliss-reactive ketones (excluding diaryl/α,β-unsaturated/α-hetero) is 1. The molecule has 22 heavy (non-hydrogen) atoms. The molecule has 9 heteroatoms. The number of rotatable bonds is 5. The molecule has 0 radical (unpaired) electrons. The van der Waals surface area contributed by atoms with Gasteiger partial charge in [0.2, 0.25) is 11.4 Å². The molecular formula is C13H20N4O4S. The Morgan fingerprint density at radius 2 is 1.82 bits per heavy atom. The van der Waals surface area contributed by atoms with Crippen LogP contribution in [-0.4, -0.2) is 38.0 Å². The van der Waals surface area contributed by atoms with Gasteiger partial charge in [-0.25, -0.2) is 4.79 Å². The van der Waals surface area contributed by atoms with Crippen molar-refractivity contribution in [3.05, 3.63) is 5.82 Å². The van der Waals surface area contributed by atoms with Gasteiger partial charge in [0.25, 0.3) is 0 Å². The van der Waals surface area contributed by atoms with Crippen LogP contribution < -0.4 is 5.73 Å². The van der Waals surface area contributed by atoms with Gasteiger partial charge in [-0.15, -0.1) is 0 Å². The van der Waals surface area contributed by atoms with Crippen LogP contribution in [0.2, 0.25) is 0 Å². The lowest BCUT2D eigenvalue weighted by Crippen LogP contribution is -2.40. The second-order valence-corrected chi connectivity index (χ2v) is 6.84. The molecule has 122 valence electrons. The van der Waals surface area contributed by atoms with Gasteiger partial charge in [-0.1, -0.05) is 5.16 Å². The lowest BCUT2D eigenvalue weighted by molar-refractivity contribution is -0.179. The van der Waals surface area contributed by atoms with Gasteiger partial charge in [-0.3, -0.25) is 4.79 Å². The van der Waals surface area contributed by atoms with Gasteiger partial charge >= 0.3 is 5.97 Å². The Morgan fingerprint density at radius 3 is 2.23 bits per heavy atom. The van der Waals surface area contributed by atoms with Crippen LogP contribution in [0, 0.1) is 0 Å². The highest BCUT2D eigenvalue weighted by Gasteiger charge is 2.35. The van der Waals surface area contributed by atoms with E-state index in [0.717, 1.165) is 11.5 Å². The summed E-state index contributed by atoms with van der Waals surface area (Å²) in [4.78, 5) is 32.8. The molecule has 0 saturated carbocycles. The molecule has 1 aromatic rings. The zero-order chi connectivity index (χ0) is 17.1. The fourth-order valence-electron chi connectivity index (χ4n) is 1.19. The largest absolute Gasteiger partial charge is 0.457 e. The normalized spacial score (nSPS) is 12.9. The summed E-state index contributed by atoms with van der Waals surface area (Å²) in [6.07, 6.45) is 0. The van der Waals surface area contributed by atoms with Crippen molar-refractivity contribution in [3.8, 4) is 0 Å². The van der Waals surface area contributed by atoms with Crippen molar-refractivity contribution in [3.63, 3.8) is 0 Å². The summed E-state index contributed by atoms with van der Waals surface area (Å²) in [6, 6.07) is 0. The first-order chi connectivity index (χ1) is 9.92. The number of nitrogens with two attached hydrogens (primary N) is 1. The first kappa shape index (κ1) is 18.0. The van der Waals surface area contributed by atoms with Crippen LogP contribution in [0.1, 0.15) is 47.4 Å². The third kappa shape index (κ3) is 5.06. The predicted octanol–water partition coefficient (Wildman–Crippen LogP) is 1.55. The van der Waals surface area contributed by atoms with Crippen molar-refractivity contribution < 1.29 is 19.2 Å². The number of carbonyl (C=O) groups is 2. The van der Waals surface area contributed by atoms with Crippen LogP contribution in [0.25, 0.3) is 0 Å². The number of nitrogen functional groups attached to an aromatic ring is 1. The summed E-state index contributed by atoms with van der Waals surface area (Å²) >= 11 is 0.934. The smallest absolute Gasteiger partial charge is 0.353 e. The van der Waals surface area contributed by atoms with Crippen LogP contribution in [-0.2, 0) is 19.2 Å². The molecule has 0 aliphatic heterocycles. The highest BCUT2D eigenvalue weighted by molar-refractivity contribution is 7.09. The van der Waals surface area contributed by atoms with Crippen LogP contribution in [0.3, 0.4) is 0 Å². The third-order valence-electron chi connectivity index (χ3n) is 2.24. The first-order valence-corrected chi connectivity index (χ1v) is 7.30. The number of hydrogen-bond acceptors (Lipinski definition) is 9. The summed E-state index contributed by atoms with van der Waals surface area (Å²) in [5.41, 5.74) is 3.35. The van der Waals surface area contributed by atoms with E-state index < -0.39 is 23.0 Å². The van der Waals surface area contributed by atoms with Gasteiger partial charge in [-0.05, 0) is 34.6 Å². The number of ether oxygens (including phenoxy) is 1. The van der Waals surface area contributed by atoms with E-state index in [1.165, 1.54) is 20.8 Å². The Balaban J connectivity index is 2.94. The number of anilines is 1. The minimum atomic E-state index is -1.37. The maximum absolute atomic E-state index is 12.1. The van der Waals surface area contributed by atoms with E-state index in [4.69, 9.17) is 15.3 Å². The fraction of sp³-hybridized carbons (Fsp3) is 0.615. The van der Waals surface area contributed by atoms with Crippen molar-refractivity contribution in [1.82, 2.24) is 9.36 Å². The minimum Gasteiger partial charge on any atom is -0.457 e. The van der Waals surface area contributed by atoms with Crippen molar-refractivity contribution in [2.24, 2.45) is 5.16 Å². The van der Waals surface area contributed by atoms with Gasteiger partial charge in [0.05, 0.1) is 0 Å². The van der Waals surface area contributed by atoms with E-state index in [1.807, 2.05) is 0 Å². The number of ketones is 1. The molecule has 0 bridgehead atoms. The second-order valence-electron chi connectivity index (χ2n) is 6.06. The molecule has 0 aromatic carbocycles. The highest BCUT2D eigenvalue weighted by Crippen LogP contribution is 2.18. The maximum Gasteiger partial charge on any atom is 0.353 e. The average Bonchev–Trinajstić information content (AvgIpc) is 2.73. The Bertz CT molecular complexity index is 601. The van der Waals surface area contributed by atoms with Crippen molar-refractivity contribution in [2.45, 2.75) is 52.7 Å². The fourth-order valence-corrected chi connectivity index (χ4v) is 1.63. The standard InChI is InChI=1S/C13H20N4O4S/c1-7(18)8(9-15-11(14)22-17-9)16-21-13(5,6)10(19)20-12(2,3)4/h1-6H3,(H2,14,15,17)/b16-8+. The van der Waals surface area contributed by atoms with Crippen LogP contribution >= 0.6 is 11.5 Å². The topological polar surface area (TPSA) is 117 Å². The van der Waals surface area contributed by atoms with E-state index >= 15 is 0 Å².